The molecule has 1 N–H and O–H groups in total. The minimum atomic E-state index is -5.98. The third-order valence-corrected chi connectivity index (χ3v) is 3.80. The van der Waals surface area contributed by atoms with Gasteiger partial charge in [-0.25, -0.2) is 0 Å². The summed E-state index contributed by atoms with van der Waals surface area (Å²) in [6, 6.07) is 0. The third-order valence-electron chi connectivity index (χ3n) is 3.80. The Hall–Kier alpha value is -1.07. The van der Waals surface area contributed by atoms with Gasteiger partial charge in [0.05, 0.1) is 13.2 Å². The SMILES string of the molecule is CC(CC(O)(C(F)(F)F)C(F)(F)F)OC(=O)C1(C)COC(C)(C)OC1. The molecule has 5 nitrogen and oxygen atoms in total. The fourth-order valence-corrected chi connectivity index (χ4v) is 2.04. The van der Waals surface area contributed by atoms with E-state index in [9.17, 15) is 31.1 Å². The molecule has 25 heavy (non-hydrogen) atoms. The standard InChI is InChI=1S/C14H20F6O5/c1-8(5-12(22,13(15,16)17)14(18,19)20)25-9(21)11(4)6-23-10(2,3)24-7-11/h8,22H,5-7H2,1-4H3. The predicted octanol–water partition coefficient (Wildman–Crippen LogP) is 2.95. The van der Waals surface area contributed by atoms with Crippen LogP contribution in [0.1, 0.15) is 34.1 Å². The molecular formula is C14H20F6O5. The fraction of sp³-hybridized carbons (Fsp3) is 0.929. The van der Waals surface area contributed by atoms with Crippen LogP contribution in [-0.2, 0) is 19.0 Å². The zero-order valence-electron chi connectivity index (χ0n) is 14.0. The van der Waals surface area contributed by atoms with E-state index < -0.39 is 47.6 Å². The summed E-state index contributed by atoms with van der Waals surface area (Å²) in [6.45, 7) is 4.96. The van der Waals surface area contributed by atoms with Crippen LogP contribution in [0.2, 0.25) is 0 Å². The van der Waals surface area contributed by atoms with Crippen molar-refractivity contribution in [3.63, 3.8) is 0 Å². The lowest BCUT2D eigenvalue weighted by Gasteiger charge is -2.40. The van der Waals surface area contributed by atoms with E-state index in [1.807, 2.05) is 0 Å². The summed E-state index contributed by atoms with van der Waals surface area (Å²) in [4.78, 5) is 12.1. The van der Waals surface area contributed by atoms with Gasteiger partial charge in [-0.2, -0.15) is 26.3 Å². The number of carbonyl (C=O) groups is 1. The second kappa shape index (κ2) is 6.58. The van der Waals surface area contributed by atoms with Gasteiger partial charge in [-0.15, -0.1) is 0 Å². The molecule has 1 unspecified atom stereocenters. The first-order chi connectivity index (χ1) is 10.9. The molecule has 1 atom stereocenters. The van der Waals surface area contributed by atoms with Crippen LogP contribution in [0, 0.1) is 5.41 Å². The molecule has 0 aromatic carbocycles. The van der Waals surface area contributed by atoms with Crippen LogP contribution in [-0.4, -0.2) is 54.1 Å². The molecule has 0 aliphatic carbocycles. The van der Waals surface area contributed by atoms with E-state index in [4.69, 9.17) is 14.6 Å². The smallest absolute Gasteiger partial charge is 0.426 e. The molecule has 0 amide bonds. The van der Waals surface area contributed by atoms with Crippen LogP contribution >= 0.6 is 0 Å². The number of hydrogen-bond donors (Lipinski definition) is 1. The summed E-state index contributed by atoms with van der Waals surface area (Å²) < 4.78 is 91.2. The highest BCUT2D eigenvalue weighted by atomic mass is 19.4. The summed E-state index contributed by atoms with van der Waals surface area (Å²) in [5.41, 5.74) is -6.37. The number of alkyl halides is 6. The summed E-state index contributed by atoms with van der Waals surface area (Å²) in [5.74, 6) is -2.06. The van der Waals surface area contributed by atoms with Gasteiger partial charge < -0.3 is 19.3 Å². The second-order valence-electron chi connectivity index (χ2n) is 6.81. The Labute approximate surface area is 140 Å². The molecular weight excluding hydrogens is 362 g/mol. The number of hydrogen-bond acceptors (Lipinski definition) is 5. The molecule has 0 radical (unpaired) electrons. The van der Waals surface area contributed by atoms with E-state index in [2.05, 4.69) is 4.74 Å². The van der Waals surface area contributed by atoms with Crippen molar-refractivity contribution in [1.29, 1.82) is 0 Å². The van der Waals surface area contributed by atoms with Gasteiger partial charge in [0.2, 0.25) is 0 Å². The topological polar surface area (TPSA) is 65.0 Å². The molecule has 1 rings (SSSR count). The average Bonchev–Trinajstić information content (AvgIpc) is 2.39. The number of ether oxygens (including phenoxy) is 3. The molecule has 1 fully saturated rings. The molecule has 11 heteroatoms. The van der Waals surface area contributed by atoms with Crippen molar-refractivity contribution in [2.75, 3.05) is 13.2 Å². The predicted molar refractivity (Wildman–Crippen MR) is 71.3 cm³/mol. The minimum absolute atomic E-state index is 0.186. The molecule has 0 saturated carbocycles. The summed E-state index contributed by atoms with van der Waals surface area (Å²) >= 11 is 0. The summed E-state index contributed by atoms with van der Waals surface area (Å²) in [7, 11) is 0. The molecule has 1 saturated heterocycles. The maximum atomic E-state index is 12.7. The van der Waals surface area contributed by atoms with Gasteiger partial charge in [-0.05, 0) is 27.7 Å². The second-order valence-corrected chi connectivity index (χ2v) is 6.81. The fourth-order valence-electron chi connectivity index (χ4n) is 2.04. The Morgan fingerprint density at radius 2 is 1.48 bits per heavy atom. The van der Waals surface area contributed by atoms with Crippen molar-refractivity contribution in [3.8, 4) is 0 Å². The van der Waals surface area contributed by atoms with Gasteiger partial charge in [0.15, 0.2) is 5.79 Å². The number of rotatable bonds is 4. The third kappa shape index (κ3) is 4.76. The lowest BCUT2D eigenvalue weighted by atomic mass is 9.91. The molecule has 0 spiro atoms. The first kappa shape index (κ1) is 22.0. The van der Waals surface area contributed by atoms with E-state index in [0.717, 1.165) is 6.92 Å². The van der Waals surface area contributed by atoms with E-state index >= 15 is 0 Å². The highest BCUT2D eigenvalue weighted by Gasteiger charge is 2.70. The van der Waals surface area contributed by atoms with Crippen molar-refractivity contribution in [2.24, 2.45) is 5.41 Å². The molecule has 148 valence electrons. The monoisotopic (exact) mass is 382 g/mol. The van der Waals surface area contributed by atoms with Crippen LogP contribution < -0.4 is 0 Å². The van der Waals surface area contributed by atoms with Crippen molar-refractivity contribution in [3.05, 3.63) is 0 Å². The van der Waals surface area contributed by atoms with Crippen LogP contribution in [0.15, 0.2) is 0 Å². The summed E-state index contributed by atoms with van der Waals surface area (Å²) in [5, 5.41) is 9.12. The molecule has 0 aromatic heterocycles. The van der Waals surface area contributed by atoms with Gasteiger partial charge in [0.1, 0.15) is 11.5 Å². The average molecular weight is 382 g/mol. The van der Waals surface area contributed by atoms with Crippen molar-refractivity contribution >= 4 is 5.97 Å². The van der Waals surface area contributed by atoms with Gasteiger partial charge in [-0.1, -0.05) is 0 Å². The van der Waals surface area contributed by atoms with Gasteiger partial charge in [-0.3, -0.25) is 4.79 Å². The minimum Gasteiger partial charge on any atom is -0.462 e. The van der Waals surface area contributed by atoms with Crippen molar-refractivity contribution in [2.45, 2.75) is 64.0 Å². The number of aliphatic hydroxyl groups is 1. The Kier molecular flexibility index (Phi) is 5.79. The van der Waals surface area contributed by atoms with E-state index in [-0.39, 0.29) is 13.2 Å². The maximum absolute atomic E-state index is 12.7. The highest BCUT2D eigenvalue weighted by molar-refractivity contribution is 5.77. The Morgan fingerprint density at radius 3 is 1.84 bits per heavy atom. The normalized spacial score (nSPS) is 22.4. The van der Waals surface area contributed by atoms with Gasteiger partial charge >= 0.3 is 18.3 Å². The summed E-state index contributed by atoms with van der Waals surface area (Å²) in [6.07, 6.45) is -15.7. The molecule has 1 heterocycles. The van der Waals surface area contributed by atoms with Crippen LogP contribution in [0.4, 0.5) is 26.3 Å². The van der Waals surface area contributed by atoms with Crippen molar-refractivity contribution in [1.82, 2.24) is 0 Å². The largest absolute Gasteiger partial charge is 0.462 e. The van der Waals surface area contributed by atoms with Gasteiger partial charge in [0, 0.05) is 6.42 Å². The van der Waals surface area contributed by atoms with E-state index in [1.165, 1.54) is 6.92 Å². The van der Waals surface area contributed by atoms with E-state index in [1.54, 1.807) is 13.8 Å². The molecule has 1 aliphatic rings. The van der Waals surface area contributed by atoms with E-state index in [0.29, 0.717) is 0 Å². The lowest BCUT2D eigenvalue weighted by molar-refractivity contribution is -0.374. The van der Waals surface area contributed by atoms with Gasteiger partial charge in [0.25, 0.3) is 5.60 Å². The Morgan fingerprint density at radius 1 is 1.08 bits per heavy atom. The first-order valence-electron chi connectivity index (χ1n) is 7.28. The number of esters is 1. The van der Waals surface area contributed by atoms with Crippen LogP contribution in [0.5, 0.6) is 0 Å². The molecule has 0 bridgehead atoms. The Bertz CT molecular complexity index is 475. The zero-order valence-corrected chi connectivity index (χ0v) is 14.0. The van der Waals surface area contributed by atoms with Crippen LogP contribution in [0.25, 0.3) is 0 Å². The Balaban J connectivity index is 2.81. The highest BCUT2D eigenvalue weighted by Crippen LogP contribution is 2.46. The number of carbonyl (C=O) groups excluding carboxylic acids is 1. The lowest BCUT2D eigenvalue weighted by Crippen LogP contribution is -2.58. The first-order valence-corrected chi connectivity index (χ1v) is 7.28. The number of halogens is 6. The maximum Gasteiger partial charge on any atom is 0.426 e. The zero-order chi connectivity index (χ0) is 19.9. The van der Waals surface area contributed by atoms with Crippen molar-refractivity contribution < 1.29 is 50.5 Å². The molecule has 1 aliphatic heterocycles. The molecule has 0 aromatic rings. The van der Waals surface area contributed by atoms with Crippen LogP contribution in [0.3, 0.4) is 0 Å². The quantitative estimate of drug-likeness (QED) is 0.598.